The van der Waals surface area contributed by atoms with Crippen LogP contribution < -0.4 is 11.1 Å². The van der Waals surface area contributed by atoms with Gasteiger partial charge >= 0.3 is 0 Å². The molecule has 3 rings (SSSR count). The zero-order valence-corrected chi connectivity index (χ0v) is 11.3. The summed E-state index contributed by atoms with van der Waals surface area (Å²) in [4.78, 5) is 8.90. The molecule has 0 atom stereocenters. The van der Waals surface area contributed by atoms with Gasteiger partial charge in [-0.1, -0.05) is 12.1 Å². The minimum absolute atomic E-state index is 0.724. The number of H-pyrrole nitrogens is 1. The van der Waals surface area contributed by atoms with Gasteiger partial charge in [-0.3, -0.25) is 0 Å². The van der Waals surface area contributed by atoms with Crippen LogP contribution in [-0.4, -0.2) is 16.2 Å². The summed E-state index contributed by atoms with van der Waals surface area (Å²) in [5.74, 6) is 0.724. The average molecular weight is 270 g/mol. The van der Waals surface area contributed by atoms with E-state index < -0.39 is 0 Å². The number of aromatic nitrogens is 2. The van der Waals surface area contributed by atoms with Gasteiger partial charge in [0.2, 0.25) is 5.95 Å². The molecule has 0 aliphatic heterocycles. The number of thioether (sulfide) groups is 1. The third-order valence-corrected chi connectivity index (χ3v) is 3.66. The topological polar surface area (TPSA) is 66.7 Å². The molecule has 3 aromatic rings. The summed E-state index contributed by atoms with van der Waals surface area (Å²) >= 11 is 1.70. The Kier molecular flexibility index (Phi) is 3.05. The molecule has 0 saturated carbocycles. The minimum atomic E-state index is 0.724. The Morgan fingerprint density at radius 3 is 2.89 bits per heavy atom. The van der Waals surface area contributed by atoms with Crippen LogP contribution in [-0.2, 0) is 0 Å². The molecule has 1 aromatic heterocycles. The predicted octanol–water partition coefficient (Wildman–Crippen LogP) is 3.61. The van der Waals surface area contributed by atoms with Gasteiger partial charge in [-0.25, -0.2) is 4.98 Å². The van der Waals surface area contributed by atoms with Crippen LogP contribution in [0.5, 0.6) is 0 Å². The molecule has 4 N–H and O–H groups in total. The molecular formula is C14H14N4S. The molecule has 0 amide bonds. The maximum atomic E-state index is 5.76. The van der Waals surface area contributed by atoms with Crippen molar-refractivity contribution in [2.75, 3.05) is 17.3 Å². The number of nitrogens with zero attached hydrogens (tertiary/aromatic N) is 1. The van der Waals surface area contributed by atoms with Crippen LogP contribution in [0.2, 0.25) is 0 Å². The second-order valence-electron chi connectivity index (χ2n) is 4.19. The molecule has 4 nitrogen and oxygen atoms in total. The first-order valence-corrected chi connectivity index (χ1v) is 7.14. The van der Waals surface area contributed by atoms with Crippen LogP contribution in [0.3, 0.4) is 0 Å². The standard InChI is InChI=1S/C14H14N4S/c1-19-13-5-3-2-4-11(13)17-14-16-10-7-6-9(15)8-12(10)18-14/h2-8H,15H2,1H3,(H2,16,17,18). The number of nitrogen functional groups attached to an aromatic ring is 1. The lowest BCUT2D eigenvalue weighted by Gasteiger charge is -2.07. The molecule has 0 aliphatic carbocycles. The maximum Gasteiger partial charge on any atom is 0.205 e. The van der Waals surface area contributed by atoms with Crippen LogP contribution in [0.15, 0.2) is 47.4 Å². The Hall–Kier alpha value is -2.14. The van der Waals surface area contributed by atoms with Crippen molar-refractivity contribution in [2.45, 2.75) is 4.90 Å². The summed E-state index contributed by atoms with van der Waals surface area (Å²) < 4.78 is 0. The molecule has 0 aliphatic rings. The molecule has 1 heterocycles. The molecule has 0 saturated heterocycles. The highest BCUT2D eigenvalue weighted by Crippen LogP contribution is 2.27. The zero-order chi connectivity index (χ0) is 13.2. The summed E-state index contributed by atoms with van der Waals surface area (Å²) in [5, 5.41) is 3.30. The zero-order valence-electron chi connectivity index (χ0n) is 10.5. The van der Waals surface area contributed by atoms with Gasteiger partial charge in [-0.05, 0) is 36.6 Å². The van der Waals surface area contributed by atoms with Crippen molar-refractivity contribution in [3.63, 3.8) is 0 Å². The lowest BCUT2D eigenvalue weighted by atomic mass is 10.3. The fraction of sp³-hybridized carbons (Fsp3) is 0.0714. The number of nitrogens with two attached hydrogens (primary N) is 1. The van der Waals surface area contributed by atoms with Crippen molar-refractivity contribution in [3.8, 4) is 0 Å². The van der Waals surface area contributed by atoms with Crippen LogP contribution in [0.25, 0.3) is 11.0 Å². The number of benzene rings is 2. The lowest BCUT2D eigenvalue weighted by molar-refractivity contribution is 1.28. The van der Waals surface area contributed by atoms with E-state index >= 15 is 0 Å². The van der Waals surface area contributed by atoms with E-state index in [1.54, 1.807) is 11.8 Å². The number of aromatic amines is 1. The van der Waals surface area contributed by atoms with E-state index in [9.17, 15) is 0 Å². The van der Waals surface area contributed by atoms with Gasteiger partial charge in [0.05, 0.1) is 16.7 Å². The molecule has 0 unspecified atom stereocenters. The quantitative estimate of drug-likeness (QED) is 0.502. The van der Waals surface area contributed by atoms with Crippen LogP contribution in [0.1, 0.15) is 0 Å². The van der Waals surface area contributed by atoms with Crippen molar-refractivity contribution >= 4 is 40.1 Å². The van der Waals surface area contributed by atoms with Crippen molar-refractivity contribution in [2.24, 2.45) is 0 Å². The third kappa shape index (κ3) is 2.37. The first-order chi connectivity index (χ1) is 9.26. The Morgan fingerprint density at radius 1 is 1.21 bits per heavy atom. The minimum Gasteiger partial charge on any atom is -0.399 e. The molecule has 0 bridgehead atoms. The van der Waals surface area contributed by atoms with Gasteiger partial charge in [-0.15, -0.1) is 11.8 Å². The SMILES string of the molecule is CSc1ccccc1Nc1nc2ccc(N)cc2[nH]1. The second kappa shape index (κ2) is 4.85. The highest BCUT2D eigenvalue weighted by molar-refractivity contribution is 7.98. The molecule has 19 heavy (non-hydrogen) atoms. The molecule has 2 aromatic carbocycles. The van der Waals surface area contributed by atoms with E-state index in [4.69, 9.17) is 5.73 Å². The van der Waals surface area contributed by atoms with Crippen LogP contribution >= 0.6 is 11.8 Å². The molecule has 0 fully saturated rings. The monoisotopic (exact) mass is 270 g/mol. The number of hydrogen-bond acceptors (Lipinski definition) is 4. The van der Waals surface area contributed by atoms with Crippen LogP contribution in [0, 0.1) is 0 Å². The normalized spacial score (nSPS) is 10.8. The van der Waals surface area contributed by atoms with E-state index in [1.165, 1.54) is 4.90 Å². The molecule has 0 radical (unpaired) electrons. The predicted molar refractivity (Wildman–Crippen MR) is 82.0 cm³/mol. The Labute approximate surface area is 115 Å². The molecule has 96 valence electrons. The van der Waals surface area contributed by atoms with Crippen LogP contribution in [0.4, 0.5) is 17.3 Å². The summed E-state index contributed by atoms with van der Waals surface area (Å²) in [6.07, 6.45) is 2.06. The summed E-state index contributed by atoms with van der Waals surface area (Å²) in [5.41, 5.74) is 9.37. The number of rotatable bonds is 3. The highest BCUT2D eigenvalue weighted by Gasteiger charge is 2.05. The number of hydrogen-bond donors (Lipinski definition) is 3. The fourth-order valence-corrected chi connectivity index (χ4v) is 2.52. The Morgan fingerprint density at radius 2 is 2.05 bits per heavy atom. The van der Waals surface area contributed by atoms with Crippen molar-refractivity contribution in [1.29, 1.82) is 0 Å². The van der Waals surface area contributed by atoms with Gasteiger partial charge in [0.1, 0.15) is 0 Å². The maximum absolute atomic E-state index is 5.76. The number of fused-ring (bicyclic) bond motifs is 1. The van der Waals surface area contributed by atoms with Gasteiger partial charge < -0.3 is 16.0 Å². The van der Waals surface area contributed by atoms with Gasteiger partial charge in [0.25, 0.3) is 0 Å². The number of para-hydroxylation sites is 1. The van der Waals surface area contributed by atoms with Crippen molar-refractivity contribution in [3.05, 3.63) is 42.5 Å². The van der Waals surface area contributed by atoms with E-state index in [1.807, 2.05) is 36.4 Å². The van der Waals surface area contributed by atoms with E-state index in [2.05, 4.69) is 27.6 Å². The smallest absolute Gasteiger partial charge is 0.205 e. The van der Waals surface area contributed by atoms with E-state index in [-0.39, 0.29) is 0 Å². The number of nitrogens with one attached hydrogen (secondary N) is 2. The third-order valence-electron chi connectivity index (χ3n) is 2.87. The summed E-state index contributed by atoms with van der Waals surface area (Å²) in [6.45, 7) is 0. The van der Waals surface area contributed by atoms with E-state index in [0.717, 1.165) is 28.4 Å². The largest absolute Gasteiger partial charge is 0.399 e. The Balaban J connectivity index is 1.96. The number of imidazole rings is 1. The lowest BCUT2D eigenvalue weighted by Crippen LogP contribution is -1.93. The molecule has 0 spiro atoms. The first kappa shape index (κ1) is 11.9. The average Bonchev–Trinajstić information content (AvgIpc) is 2.80. The number of anilines is 3. The van der Waals surface area contributed by atoms with Gasteiger partial charge in [-0.2, -0.15) is 0 Å². The van der Waals surface area contributed by atoms with Gasteiger partial charge in [0, 0.05) is 10.6 Å². The summed E-state index contributed by atoms with van der Waals surface area (Å²) in [7, 11) is 0. The second-order valence-corrected chi connectivity index (χ2v) is 5.04. The summed E-state index contributed by atoms with van der Waals surface area (Å²) in [6, 6.07) is 13.8. The van der Waals surface area contributed by atoms with Gasteiger partial charge in [0.15, 0.2) is 0 Å². The van der Waals surface area contributed by atoms with Crippen molar-refractivity contribution in [1.82, 2.24) is 9.97 Å². The first-order valence-electron chi connectivity index (χ1n) is 5.91. The molecular weight excluding hydrogens is 256 g/mol. The Bertz CT molecular complexity index is 720. The van der Waals surface area contributed by atoms with Crippen molar-refractivity contribution < 1.29 is 0 Å². The molecule has 5 heteroatoms. The fourth-order valence-electron chi connectivity index (χ4n) is 1.96. The van der Waals surface area contributed by atoms with E-state index in [0.29, 0.717) is 0 Å². The highest BCUT2D eigenvalue weighted by atomic mass is 32.2.